The first kappa shape index (κ1) is 59.1. The SMILES string of the molecule is C[Si](C)(C)CCOC(=O)N[C@@H]1[C@@H](O)[C@H](O[C@@H]2[C@@H](O)[C@@H](O[C@@H]3O[C@H](CNC(=O)OCc4ccccc4)[C@@H](O)[C@H](O)[C@H]3O)[C@@H](NC(=O)OCC[Si](C)(C)C)C[C@H]2NC(=O)OCC[Si](C)(C)C)O[C@H](CO)[C@H]1O. The molecule has 0 unspecified atom stereocenters. The number of nitrogens with one attached hydrogen (secondary N) is 4. The number of ether oxygens (including phenoxy) is 8. The monoisotopic (exact) mass is 1050 g/mol. The molecule has 11 N–H and O–H groups in total. The number of amides is 4. The first-order valence-electron chi connectivity index (χ1n) is 23.7. The highest BCUT2D eigenvalue weighted by molar-refractivity contribution is 6.76. The van der Waals surface area contributed by atoms with Crippen molar-refractivity contribution in [3.8, 4) is 0 Å². The van der Waals surface area contributed by atoms with Crippen molar-refractivity contribution in [2.45, 2.75) is 182 Å². The van der Waals surface area contributed by atoms with Gasteiger partial charge in [0.25, 0.3) is 0 Å². The van der Waals surface area contributed by atoms with Crippen LogP contribution in [-0.4, -0.2) is 209 Å². The number of carbonyl (C=O) groups excluding carboxylic acids is 4. The normalized spacial score (nSPS) is 31.7. The third kappa shape index (κ3) is 18.8. The molecule has 3 fully saturated rings. The standard InChI is InChI=1S/C44H78N4O19Si3/c1-68(2,3)18-15-60-42(57)46-26-21-27(47-43(58)61-16-19-69(4,5)6)38(67-40-35(54)34(53)32(51)28(64-40)22-45-41(56)63-24-25-13-11-10-12-14-25)36(55)37(26)66-39-33(52)30(31(50)29(23-49)65-39)48-44(59)62-17-20-70(7,8)9/h10-14,26-40,49-55H,15-24H2,1-9H3,(H,45,56)(H,46,57)(H,47,58)(H,48,59)/t26-,27+,28-,29-,30+,31-,32-,33-,34+,35-,36-,37+,38+,39+,40+/m1/s1. The second-order valence-electron chi connectivity index (χ2n) is 21.6. The second kappa shape index (κ2) is 26.5. The summed E-state index contributed by atoms with van der Waals surface area (Å²) in [6.07, 6.45) is -25.3. The van der Waals surface area contributed by atoms with Gasteiger partial charge in [-0.3, -0.25) is 0 Å². The van der Waals surface area contributed by atoms with Crippen LogP contribution >= 0.6 is 0 Å². The van der Waals surface area contributed by atoms with E-state index >= 15 is 0 Å². The van der Waals surface area contributed by atoms with Gasteiger partial charge in [0.05, 0.1) is 44.6 Å². The zero-order valence-electron chi connectivity index (χ0n) is 41.6. The first-order chi connectivity index (χ1) is 32.7. The molecule has 4 rings (SSSR count). The van der Waals surface area contributed by atoms with E-state index in [9.17, 15) is 54.9 Å². The Balaban J connectivity index is 1.65. The maximum absolute atomic E-state index is 13.5. The Morgan fingerprint density at radius 1 is 0.557 bits per heavy atom. The van der Waals surface area contributed by atoms with Gasteiger partial charge in [-0.1, -0.05) is 89.3 Å². The Kier molecular flexibility index (Phi) is 22.3. The minimum Gasteiger partial charge on any atom is -0.450 e. The molecule has 26 heteroatoms. The lowest BCUT2D eigenvalue weighted by Gasteiger charge is -2.49. The fraction of sp³-hybridized carbons (Fsp3) is 0.773. The van der Waals surface area contributed by atoms with Gasteiger partial charge in [0, 0.05) is 30.8 Å². The van der Waals surface area contributed by atoms with E-state index in [2.05, 4.69) is 80.2 Å². The van der Waals surface area contributed by atoms with E-state index in [1.807, 2.05) is 0 Å². The Labute approximate surface area is 412 Å². The zero-order chi connectivity index (χ0) is 52.1. The van der Waals surface area contributed by atoms with Crippen LogP contribution in [0.2, 0.25) is 77.1 Å². The summed E-state index contributed by atoms with van der Waals surface area (Å²) in [5, 5.41) is 88.7. The van der Waals surface area contributed by atoms with Crippen molar-refractivity contribution in [3.63, 3.8) is 0 Å². The second-order valence-corrected chi connectivity index (χ2v) is 38.5. The molecule has 2 saturated heterocycles. The molecule has 2 heterocycles. The highest BCUT2D eigenvalue weighted by Crippen LogP contribution is 2.33. The third-order valence-electron chi connectivity index (χ3n) is 11.9. The van der Waals surface area contributed by atoms with Gasteiger partial charge in [-0.05, 0) is 30.1 Å². The van der Waals surface area contributed by atoms with Crippen LogP contribution in [0.1, 0.15) is 12.0 Å². The number of benzene rings is 1. The van der Waals surface area contributed by atoms with Gasteiger partial charge in [-0.2, -0.15) is 0 Å². The van der Waals surface area contributed by atoms with Crippen LogP contribution in [0, 0.1) is 0 Å². The number of aliphatic hydroxyl groups is 7. The fourth-order valence-corrected chi connectivity index (χ4v) is 9.73. The van der Waals surface area contributed by atoms with Crippen LogP contribution in [0.5, 0.6) is 0 Å². The predicted octanol–water partition coefficient (Wildman–Crippen LogP) is 0.993. The molecule has 15 atom stereocenters. The van der Waals surface area contributed by atoms with Crippen LogP contribution in [-0.2, 0) is 44.5 Å². The van der Waals surface area contributed by atoms with E-state index in [1.54, 1.807) is 30.3 Å². The van der Waals surface area contributed by atoms with Crippen LogP contribution in [0.25, 0.3) is 0 Å². The number of carbonyl (C=O) groups is 4. The lowest BCUT2D eigenvalue weighted by atomic mass is 9.83. The van der Waals surface area contributed by atoms with Crippen LogP contribution < -0.4 is 21.3 Å². The third-order valence-corrected chi connectivity index (χ3v) is 17.0. The summed E-state index contributed by atoms with van der Waals surface area (Å²) in [7, 11) is -4.98. The highest BCUT2D eigenvalue weighted by atomic mass is 28.3. The summed E-state index contributed by atoms with van der Waals surface area (Å²) in [5.74, 6) is 0. The van der Waals surface area contributed by atoms with Crippen molar-refractivity contribution in [1.29, 1.82) is 0 Å². The molecule has 1 aromatic carbocycles. The van der Waals surface area contributed by atoms with Crippen LogP contribution in [0.3, 0.4) is 0 Å². The van der Waals surface area contributed by atoms with E-state index in [0.717, 1.165) is 0 Å². The van der Waals surface area contributed by atoms with Crippen LogP contribution in [0.15, 0.2) is 30.3 Å². The van der Waals surface area contributed by atoms with E-state index in [4.69, 9.17) is 37.9 Å². The molecular weight excluding hydrogens is 973 g/mol. The van der Waals surface area contributed by atoms with Crippen LogP contribution in [0.4, 0.5) is 19.2 Å². The average molecular weight is 1050 g/mol. The molecule has 1 saturated carbocycles. The maximum atomic E-state index is 13.5. The molecule has 23 nitrogen and oxygen atoms in total. The summed E-state index contributed by atoms with van der Waals surface area (Å²) in [6.45, 7) is 17.6. The fourth-order valence-electron chi connectivity index (χ4n) is 7.59. The van der Waals surface area contributed by atoms with Gasteiger partial charge in [0.2, 0.25) is 0 Å². The van der Waals surface area contributed by atoms with E-state index in [-0.39, 0.29) is 32.8 Å². The Morgan fingerprint density at radius 2 is 1.01 bits per heavy atom. The number of aliphatic hydroxyl groups excluding tert-OH is 7. The number of hydrogen-bond donors (Lipinski definition) is 11. The maximum Gasteiger partial charge on any atom is 0.407 e. The molecule has 0 radical (unpaired) electrons. The van der Waals surface area contributed by atoms with Crippen molar-refractivity contribution >= 4 is 48.6 Å². The molecule has 400 valence electrons. The minimum absolute atomic E-state index is 0.0476. The first-order valence-corrected chi connectivity index (χ1v) is 34.8. The molecule has 2 aliphatic heterocycles. The smallest absolute Gasteiger partial charge is 0.407 e. The summed E-state index contributed by atoms with van der Waals surface area (Å²) in [5.41, 5.74) is 0.700. The minimum atomic E-state index is -1.99. The quantitative estimate of drug-likeness (QED) is 0.0604. The lowest BCUT2D eigenvalue weighted by Crippen LogP contribution is -2.70. The largest absolute Gasteiger partial charge is 0.450 e. The molecule has 1 aliphatic carbocycles. The van der Waals surface area contributed by atoms with E-state index in [0.29, 0.717) is 23.7 Å². The number of hydrogen-bond acceptors (Lipinski definition) is 19. The van der Waals surface area contributed by atoms with Gasteiger partial charge >= 0.3 is 24.4 Å². The average Bonchev–Trinajstić information content (AvgIpc) is 3.26. The van der Waals surface area contributed by atoms with Gasteiger partial charge in [-0.25, -0.2) is 19.2 Å². The number of rotatable bonds is 21. The topological polar surface area (TPSA) is 332 Å². The molecule has 0 spiro atoms. The zero-order valence-corrected chi connectivity index (χ0v) is 44.6. The highest BCUT2D eigenvalue weighted by Gasteiger charge is 2.54. The summed E-state index contributed by atoms with van der Waals surface area (Å²) >= 11 is 0. The van der Waals surface area contributed by atoms with Crippen molar-refractivity contribution in [3.05, 3.63) is 35.9 Å². The van der Waals surface area contributed by atoms with Crippen molar-refractivity contribution in [2.75, 3.05) is 33.0 Å². The molecule has 3 aliphatic rings. The number of alkyl carbamates (subject to hydrolysis) is 4. The summed E-state index contributed by atoms with van der Waals surface area (Å²) in [6, 6.07) is 6.48. The molecule has 0 aromatic heterocycles. The van der Waals surface area contributed by atoms with Crippen molar-refractivity contribution in [2.24, 2.45) is 0 Å². The Morgan fingerprint density at radius 3 is 1.49 bits per heavy atom. The van der Waals surface area contributed by atoms with Gasteiger partial charge in [0.15, 0.2) is 12.6 Å². The summed E-state index contributed by atoms with van der Waals surface area (Å²) < 4.78 is 45.8. The molecule has 1 aromatic rings. The lowest BCUT2D eigenvalue weighted by molar-refractivity contribution is -0.334. The molecule has 4 amide bonds. The van der Waals surface area contributed by atoms with Gasteiger partial charge in [0.1, 0.15) is 67.6 Å². The van der Waals surface area contributed by atoms with Crippen molar-refractivity contribution in [1.82, 2.24) is 21.3 Å². The van der Waals surface area contributed by atoms with Gasteiger partial charge in [-0.15, -0.1) is 0 Å². The Hall–Kier alpha value is -3.49. The molecule has 70 heavy (non-hydrogen) atoms. The summed E-state index contributed by atoms with van der Waals surface area (Å²) in [4.78, 5) is 52.5. The van der Waals surface area contributed by atoms with Crippen molar-refractivity contribution < 1.29 is 92.8 Å². The molecule has 0 bridgehead atoms. The molecular formula is C44H78N4O19Si3. The van der Waals surface area contributed by atoms with Gasteiger partial charge < -0.3 is 94.9 Å². The van der Waals surface area contributed by atoms with E-state index < -0.39 is 153 Å². The predicted molar refractivity (Wildman–Crippen MR) is 259 cm³/mol. The Bertz CT molecular complexity index is 1810. The van der Waals surface area contributed by atoms with E-state index in [1.165, 1.54) is 0 Å².